The van der Waals surface area contributed by atoms with E-state index in [2.05, 4.69) is 10.3 Å². The van der Waals surface area contributed by atoms with Crippen LogP contribution in [0.25, 0.3) is 5.65 Å². The van der Waals surface area contributed by atoms with Gasteiger partial charge in [-0.25, -0.2) is 4.98 Å². The molecule has 0 radical (unpaired) electrons. The number of rotatable bonds is 5. The van der Waals surface area contributed by atoms with Gasteiger partial charge in [0.15, 0.2) is 0 Å². The second-order valence-corrected chi connectivity index (χ2v) is 5.72. The maximum atomic E-state index is 12.3. The lowest BCUT2D eigenvalue weighted by Gasteiger charge is -2.14. The molecule has 0 aliphatic heterocycles. The van der Waals surface area contributed by atoms with Crippen LogP contribution < -0.4 is 10.9 Å². The molecule has 6 heteroatoms. The number of fused-ring (bicyclic) bond motifs is 1. The monoisotopic (exact) mass is 303 g/mol. The Hall–Kier alpha value is -2.21. The number of hydrogen-bond donors (Lipinski definition) is 2. The predicted octanol–water partition coefficient (Wildman–Crippen LogP) is 1.14. The first-order chi connectivity index (χ1) is 10.4. The minimum atomic E-state index is -0.473. The highest BCUT2D eigenvalue weighted by Gasteiger charge is 2.15. The van der Waals surface area contributed by atoms with Crippen molar-refractivity contribution < 1.29 is 9.90 Å². The topological polar surface area (TPSA) is 83.7 Å². The molecule has 0 fully saturated rings. The van der Waals surface area contributed by atoms with E-state index in [1.807, 2.05) is 26.8 Å². The molecule has 0 bridgehead atoms. The van der Waals surface area contributed by atoms with Crippen molar-refractivity contribution in [2.45, 2.75) is 33.3 Å². The number of nitrogens with one attached hydrogen (secondary N) is 1. The fourth-order valence-corrected chi connectivity index (χ4v) is 2.17. The number of carbonyl (C=O) groups is 1. The van der Waals surface area contributed by atoms with Crippen LogP contribution in [-0.2, 0) is 0 Å². The lowest BCUT2D eigenvalue weighted by molar-refractivity contribution is 0.0918. The number of aromatic nitrogens is 2. The highest BCUT2D eigenvalue weighted by Crippen LogP contribution is 2.06. The van der Waals surface area contributed by atoms with Crippen LogP contribution in [0.1, 0.15) is 36.2 Å². The van der Waals surface area contributed by atoms with Crippen molar-refractivity contribution in [3.8, 4) is 0 Å². The van der Waals surface area contributed by atoms with Gasteiger partial charge in [-0.1, -0.05) is 19.9 Å². The molecule has 2 rings (SSSR count). The maximum absolute atomic E-state index is 12.3. The summed E-state index contributed by atoms with van der Waals surface area (Å²) in [4.78, 5) is 28.6. The Morgan fingerprint density at radius 1 is 1.45 bits per heavy atom. The fraction of sp³-hybridized carbons (Fsp3) is 0.438. The third-order valence-electron chi connectivity index (χ3n) is 3.67. The van der Waals surface area contributed by atoms with Gasteiger partial charge in [-0.2, -0.15) is 0 Å². The molecule has 0 spiro atoms. The van der Waals surface area contributed by atoms with Gasteiger partial charge in [-0.05, 0) is 30.9 Å². The van der Waals surface area contributed by atoms with Crippen LogP contribution in [0, 0.1) is 12.8 Å². The molecule has 1 atom stereocenters. The van der Waals surface area contributed by atoms with Crippen LogP contribution in [-0.4, -0.2) is 33.0 Å². The first-order valence-electron chi connectivity index (χ1n) is 7.35. The normalized spacial score (nSPS) is 12.6. The highest BCUT2D eigenvalue weighted by atomic mass is 16.3. The molecule has 118 valence electrons. The Morgan fingerprint density at radius 3 is 2.86 bits per heavy atom. The lowest BCUT2D eigenvalue weighted by atomic mass is 10.0. The summed E-state index contributed by atoms with van der Waals surface area (Å²) in [5.41, 5.74) is 1.02. The van der Waals surface area contributed by atoms with Gasteiger partial charge < -0.3 is 10.4 Å². The smallest absolute Gasteiger partial charge is 0.270 e. The molecule has 2 heterocycles. The summed E-state index contributed by atoms with van der Waals surface area (Å²) in [6.45, 7) is 5.99. The summed E-state index contributed by atoms with van der Waals surface area (Å²) in [5.74, 6) is -0.336. The Kier molecular flexibility index (Phi) is 4.92. The van der Waals surface area contributed by atoms with Crippen LogP contribution in [0.2, 0.25) is 0 Å². The van der Waals surface area contributed by atoms with Crippen molar-refractivity contribution in [1.29, 1.82) is 0 Å². The predicted molar refractivity (Wildman–Crippen MR) is 84.0 cm³/mol. The molecule has 1 amide bonds. The van der Waals surface area contributed by atoms with Crippen molar-refractivity contribution in [3.63, 3.8) is 0 Å². The Labute approximate surface area is 128 Å². The molecule has 6 nitrogen and oxygen atoms in total. The molecule has 0 aromatic carbocycles. The molecule has 1 unspecified atom stereocenters. The molecular formula is C16H21N3O3. The minimum absolute atomic E-state index is 0.00198. The average molecular weight is 303 g/mol. The van der Waals surface area contributed by atoms with E-state index in [0.29, 0.717) is 18.6 Å². The standard InChI is InChI=1S/C16H21N3O3/c1-10(2)13(20)6-7-17-15(21)12-9-18-14-11(3)5-4-8-19(14)16(12)22/h4-5,8-10,13,20H,6-7H2,1-3H3,(H,17,21). The van der Waals surface area contributed by atoms with E-state index in [1.54, 1.807) is 12.3 Å². The quantitative estimate of drug-likeness (QED) is 0.867. The van der Waals surface area contributed by atoms with Gasteiger partial charge in [-0.3, -0.25) is 14.0 Å². The van der Waals surface area contributed by atoms with Gasteiger partial charge in [0, 0.05) is 18.9 Å². The zero-order valence-corrected chi connectivity index (χ0v) is 13.0. The zero-order chi connectivity index (χ0) is 16.3. The number of nitrogens with zero attached hydrogens (tertiary/aromatic N) is 2. The van der Waals surface area contributed by atoms with E-state index in [-0.39, 0.29) is 11.5 Å². The van der Waals surface area contributed by atoms with Crippen LogP contribution in [0.15, 0.2) is 29.3 Å². The van der Waals surface area contributed by atoms with E-state index in [0.717, 1.165) is 5.56 Å². The molecular weight excluding hydrogens is 282 g/mol. The van der Waals surface area contributed by atoms with Crippen LogP contribution in [0.4, 0.5) is 0 Å². The van der Waals surface area contributed by atoms with E-state index < -0.39 is 17.6 Å². The van der Waals surface area contributed by atoms with Gasteiger partial charge in [0.05, 0.1) is 6.10 Å². The van der Waals surface area contributed by atoms with Crippen LogP contribution in [0.3, 0.4) is 0 Å². The number of aliphatic hydroxyl groups is 1. The largest absolute Gasteiger partial charge is 0.393 e. The van der Waals surface area contributed by atoms with E-state index in [4.69, 9.17) is 0 Å². The number of pyridine rings is 1. The lowest BCUT2D eigenvalue weighted by Crippen LogP contribution is -2.33. The van der Waals surface area contributed by atoms with E-state index >= 15 is 0 Å². The first-order valence-corrected chi connectivity index (χ1v) is 7.35. The number of carbonyl (C=O) groups excluding carboxylic acids is 1. The SMILES string of the molecule is Cc1cccn2c(=O)c(C(=O)NCCC(O)C(C)C)cnc12. The summed E-state index contributed by atoms with van der Waals surface area (Å²) in [6.07, 6.45) is 2.87. The van der Waals surface area contributed by atoms with Crippen molar-refractivity contribution in [1.82, 2.24) is 14.7 Å². The summed E-state index contributed by atoms with van der Waals surface area (Å²) in [7, 11) is 0. The summed E-state index contributed by atoms with van der Waals surface area (Å²) in [6, 6.07) is 3.60. The maximum Gasteiger partial charge on any atom is 0.270 e. The molecule has 0 saturated heterocycles. The van der Waals surface area contributed by atoms with Crippen molar-refractivity contribution >= 4 is 11.6 Å². The van der Waals surface area contributed by atoms with Crippen LogP contribution >= 0.6 is 0 Å². The Bertz CT molecular complexity index is 737. The molecule has 2 aromatic heterocycles. The van der Waals surface area contributed by atoms with Crippen molar-refractivity contribution in [3.05, 3.63) is 46.0 Å². The summed E-state index contributed by atoms with van der Waals surface area (Å²) in [5, 5.41) is 12.4. The summed E-state index contributed by atoms with van der Waals surface area (Å²) < 4.78 is 1.37. The van der Waals surface area contributed by atoms with E-state index in [9.17, 15) is 14.7 Å². The fourth-order valence-electron chi connectivity index (χ4n) is 2.17. The molecule has 22 heavy (non-hydrogen) atoms. The van der Waals surface area contributed by atoms with Gasteiger partial charge in [0.1, 0.15) is 11.2 Å². The Balaban J connectivity index is 2.16. The number of hydrogen-bond acceptors (Lipinski definition) is 4. The van der Waals surface area contributed by atoms with E-state index in [1.165, 1.54) is 10.6 Å². The Morgan fingerprint density at radius 2 is 2.18 bits per heavy atom. The average Bonchev–Trinajstić information content (AvgIpc) is 2.48. The minimum Gasteiger partial charge on any atom is -0.393 e. The molecule has 2 aromatic rings. The van der Waals surface area contributed by atoms with Crippen molar-refractivity contribution in [2.75, 3.05) is 6.54 Å². The van der Waals surface area contributed by atoms with Gasteiger partial charge in [0.25, 0.3) is 11.5 Å². The zero-order valence-electron chi connectivity index (χ0n) is 13.0. The molecule has 0 aliphatic carbocycles. The molecule has 0 saturated carbocycles. The third-order valence-corrected chi connectivity index (χ3v) is 3.67. The number of aryl methyl sites for hydroxylation is 1. The second kappa shape index (κ2) is 6.70. The van der Waals surface area contributed by atoms with Gasteiger partial charge in [0.2, 0.25) is 0 Å². The van der Waals surface area contributed by atoms with Gasteiger partial charge >= 0.3 is 0 Å². The molecule has 0 aliphatic rings. The second-order valence-electron chi connectivity index (χ2n) is 5.72. The van der Waals surface area contributed by atoms with Gasteiger partial charge in [-0.15, -0.1) is 0 Å². The van der Waals surface area contributed by atoms with Crippen molar-refractivity contribution in [2.24, 2.45) is 5.92 Å². The first kappa shape index (κ1) is 16.2. The van der Waals surface area contributed by atoms with Crippen LogP contribution in [0.5, 0.6) is 0 Å². The number of aliphatic hydroxyl groups excluding tert-OH is 1. The highest BCUT2D eigenvalue weighted by molar-refractivity contribution is 5.93. The third kappa shape index (κ3) is 3.33. The number of amides is 1. The summed E-state index contributed by atoms with van der Waals surface area (Å²) >= 11 is 0. The molecule has 2 N–H and O–H groups in total.